The van der Waals surface area contributed by atoms with Gasteiger partial charge in [-0.05, 0) is 20.3 Å². The summed E-state index contributed by atoms with van der Waals surface area (Å²) in [7, 11) is 0. The van der Waals surface area contributed by atoms with Crippen molar-refractivity contribution in [3.8, 4) is 0 Å². The van der Waals surface area contributed by atoms with Crippen molar-refractivity contribution in [1.29, 1.82) is 0 Å². The van der Waals surface area contributed by atoms with Gasteiger partial charge < -0.3 is 15.2 Å². The Kier molecular flexibility index (Phi) is 8.83. The van der Waals surface area contributed by atoms with E-state index < -0.39 is 0 Å². The van der Waals surface area contributed by atoms with Crippen LogP contribution in [0.4, 0.5) is 0 Å². The summed E-state index contributed by atoms with van der Waals surface area (Å²) < 4.78 is 4.75. The van der Waals surface area contributed by atoms with E-state index in [0.717, 1.165) is 24.6 Å². The number of aliphatic imine (C=N–C) groups is 1. The first-order chi connectivity index (χ1) is 7.76. The van der Waals surface area contributed by atoms with Gasteiger partial charge in [0, 0.05) is 18.7 Å². The van der Waals surface area contributed by atoms with Gasteiger partial charge in [0.15, 0.2) is 5.96 Å². The summed E-state index contributed by atoms with van der Waals surface area (Å²) >= 11 is 0. The van der Waals surface area contributed by atoms with Crippen molar-refractivity contribution in [2.75, 3.05) is 6.54 Å². The van der Waals surface area contributed by atoms with Gasteiger partial charge in [0.05, 0.1) is 6.54 Å². The molecule has 1 atom stereocenters. The van der Waals surface area contributed by atoms with Crippen molar-refractivity contribution < 1.29 is 4.52 Å². The quantitative estimate of drug-likeness (QED) is 0.484. The second-order valence-electron chi connectivity index (χ2n) is 3.64. The molecule has 5 nitrogen and oxygen atoms in total. The lowest BCUT2D eigenvalue weighted by atomic mass is 10.3. The molecule has 0 aliphatic heterocycles. The van der Waals surface area contributed by atoms with Crippen LogP contribution >= 0.6 is 24.0 Å². The third-order valence-corrected chi connectivity index (χ3v) is 2.23. The molecule has 1 heterocycles. The number of aromatic nitrogens is 1. The van der Waals surface area contributed by atoms with Crippen LogP contribution in [-0.2, 0) is 6.54 Å². The van der Waals surface area contributed by atoms with Crippen LogP contribution in [-0.4, -0.2) is 23.7 Å². The molecule has 0 saturated heterocycles. The number of nitrogens with one attached hydrogen (secondary N) is 2. The van der Waals surface area contributed by atoms with E-state index in [0.29, 0.717) is 12.6 Å². The number of rotatable bonds is 5. The zero-order chi connectivity index (χ0) is 11.8. The van der Waals surface area contributed by atoms with Crippen molar-refractivity contribution in [2.24, 2.45) is 4.99 Å². The minimum Gasteiger partial charge on any atom is -0.364 e. The lowest BCUT2D eigenvalue weighted by Crippen LogP contribution is -2.41. The normalized spacial score (nSPS) is 12.8. The van der Waals surface area contributed by atoms with E-state index in [-0.39, 0.29) is 24.0 Å². The molecule has 98 valence electrons. The second kappa shape index (κ2) is 9.26. The molecule has 0 aliphatic rings. The Labute approximate surface area is 119 Å². The smallest absolute Gasteiger partial charge is 0.191 e. The molecule has 0 bridgehead atoms. The SMILES string of the molecule is CCNC(=NCc1ccon1)NC(C)CC.I. The van der Waals surface area contributed by atoms with Crippen molar-refractivity contribution >= 4 is 29.9 Å². The molecule has 1 aromatic heterocycles. The molecule has 1 aromatic rings. The van der Waals surface area contributed by atoms with Crippen molar-refractivity contribution in [3.05, 3.63) is 18.0 Å². The van der Waals surface area contributed by atoms with E-state index in [1.165, 1.54) is 0 Å². The Hall–Kier alpha value is -0.790. The van der Waals surface area contributed by atoms with E-state index in [2.05, 4.69) is 34.6 Å². The van der Waals surface area contributed by atoms with Crippen molar-refractivity contribution in [1.82, 2.24) is 15.8 Å². The molecule has 0 aliphatic carbocycles. The first-order valence-corrected chi connectivity index (χ1v) is 5.70. The molecule has 6 heteroatoms. The summed E-state index contributed by atoms with van der Waals surface area (Å²) in [6.07, 6.45) is 2.62. The van der Waals surface area contributed by atoms with E-state index in [1.54, 1.807) is 6.26 Å². The summed E-state index contributed by atoms with van der Waals surface area (Å²) in [4.78, 5) is 4.42. The topological polar surface area (TPSA) is 62.5 Å². The average molecular weight is 352 g/mol. The van der Waals surface area contributed by atoms with Crippen LogP contribution in [0.5, 0.6) is 0 Å². The summed E-state index contributed by atoms with van der Waals surface area (Å²) in [5.41, 5.74) is 0.835. The number of hydrogen-bond donors (Lipinski definition) is 2. The van der Waals surface area contributed by atoms with Crippen LogP contribution in [0.3, 0.4) is 0 Å². The fourth-order valence-corrected chi connectivity index (χ4v) is 1.13. The van der Waals surface area contributed by atoms with Crippen LogP contribution in [0.15, 0.2) is 21.8 Å². The van der Waals surface area contributed by atoms with E-state index in [1.807, 2.05) is 13.0 Å². The lowest BCUT2D eigenvalue weighted by molar-refractivity contribution is 0.412. The van der Waals surface area contributed by atoms with Crippen LogP contribution in [0.1, 0.15) is 32.9 Å². The van der Waals surface area contributed by atoms with Crippen LogP contribution in [0.25, 0.3) is 0 Å². The Morgan fingerprint density at radius 1 is 1.53 bits per heavy atom. The second-order valence-corrected chi connectivity index (χ2v) is 3.64. The summed E-state index contributed by atoms with van der Waals surface area (Å²) in [6, 6.07) is 2.23. The highest BCUT2D eigenvalue weighted by Gasteiger charge is 2.02. The lowest BCUT2D eigenvalue weighted by Gasteiger charge is -2.15. The van der Waals surface area contributed by atoms with Gasteiger partial charge >= 0.3 is 0 Å². The average Bonchev–Trinajstić information content (AvgIpc) is 2.79. The monoisotopic (exact) mass is 352 g/mol. The molecule has 0 radical (unpaired) electrons. The number of nitrogens with zero attached hydrogens (tertiary/aromatic N) is 2. The van der Waals surface area contributed by atoms with Gasteiger partial charge in [-0.3, -0.25) is 0 Å². The van der Waals surface area contributed by atoms with Crippen molar-refractivity contribution in [2.45, 2.75) is 39.8 Å². The molecule has 1 unspecified atom stereocenters. The van der Waals surface area contributed by atoms with Crippen LogP contribution in [0, 0.1) is 0 Å². The van der Waals surface area contributed by atoms with Gasteiger partial charge in [0.2, 0.25) is 0 Å². The Morgan fingerprint density at radius 3 is 2.82 bits per heavy atom. The Morgan fingerprint density at radius 2 is 2.29 bits per heavy atom. The molecule has 0 saturated carbocycles. The first-order valence-electron chi connectivity index (χ1n) is 5.70. The zero-order valence-corrected chi connectivity index (χ0v) is 12.9. The fraction of sp³-hybridized carbons (Fsp3) is 0.636. The number of halogens is 1. The maximum atomic E-state index is 4.75. The molecule has 0 amide bonds. The molecule has 17 heavy (non-hydrogen) atoms. The molecule has 0 aromatic carbocycles. The number of guanidine groups is 1. The van der Waals surface area contributed by atoms with Gasteiger partial charge in [0.25, 0.3) is 0 Å². The van der Waals surface area contributed by atoms with Gasteiger partial charge in [-0.25, -0.2) is 4.99 Å². The summed E-state index contributed by atoms with van der Waals surface area (Å²) in [5, 5.41) is 10.3. The molecular formula is C11H21IN4O. The van der Waals surface area contributed by atoms with E-state index in [4.69, 9.17) is 4.52 Å². The van der Waals surface area contributed by atoms with E-state index >= 15 is 0 Å². The highest BCUT2D eigenvalue weighted by Crippen LogP contribution is 1.96. The maximum Gasteiger partial charge on any atom is 0.191 e. The van der Waals surface area contributed by atoms with Crippen molar-refractivity contribution in [3.63, 3.8) is 0 Å². The van der Waals surface area contributed by atoms with Gasteiger partial charge in [-0.1, -0.05) is 12.1 Å². The first kappa shape index (κ1) is 16.2. The fourth-order valence-electron chi connectivity index (χ4n) is 1.13. The standard InChI is InChI=1S/C11H20N4O.HI/c1-4-9(3)14-11(12-5-2)13-8-10-6-7-16-15-10;/h6-7,9H,4-5,8H2,1-3H3,(H2,12,13,14);1H. The summed E-state index contributed by atoms with van der Waals surface area (Å²) in [6.45, 7) is 7.69. The Balaban J connectivity index is 0.00000256. The zero-order valence-electron chi connectivity index (χ0n) is 10.6. The third-order valence-electron chi connectivity index (χ3n) is 2.23. The Bertz CT molecular complexity index is 313. The maximum absolute atomic E-state index is 4.75. The third kappa shape index (κ3) is 6.50. The highest BCUT2D eigenvalue weighted by atomic mass is 127. The van der Waals surface area contributed by atoms with E-state index in [9.17, 15) is 0 Å². The molecular weight excluding hydrogens is 331 g/mol. The summed E-state index contributed by atoms with van der Waals surface area (Å²) in [5.74, 6) is 0.819. The van der Waals surface area contributed by atoms with Crippen LogP contribution in [0.2, 0.25) is 0 Å². The number of hydrogen-bond acceptors (Lipinski definition) is 3. The van der Waals surface area contributed by atoms with Gasteiger partial charge in [-0.2, -0.15) is 0 Å². The minimum atomic E-state index is 0. The molecule has 1 rings (SSSR count). The predicted octanol–water partition coefficient (Wildman–Crippen LogP) is 2.15. The predicted molar refractivity (Wildman–Crippen MR) is 79.6 cm³/mol. The molecule has 0 spiro atoms. The largest absolute Gasteiger partial charge is 0.364 e. The van der Waals surface area contributed by atoms with Gasteiger partial charge in [0.1, 0.15) is 12.0 Å². The molecule has 2 N–H and O–H groups in total. The van der Waals surface area contributed by atoms with Gasteiger partial charge in [-0.15, -0.1) is 24.0 Å². The highest BCUT2D eigenvalue weighted by molar-refractivity contribution is 14.0. The molecule has 0 fully saturated rings. The van der Waals surface area contributed by atoms with Crippen LogP contribution < -0.4 is 10.6 Å². The minimum absolute atomic E-state index is 0.